The van der Waals surface area contributed by atoms with Gasteiger partial charge in [0.25, 0.3) is 0 Å². The van der Waals surface area contributed by atoms with Gasteiger partial charge in [-0.1, -0.05) is 35.5 Å². The molecule has 0 bridgehead atoms. The number of hydrogen-bond donors (Lipinski definition) is 1. The highest BCUT2D eigenvalue weighted by Gasteiger charge is 2.24. The van der Waals surface area contributed by atoms with E-state index in [1.54, 1.807) is 48.5 Å². The number of methoxy groups -OCH3 is 1. The molecule has 0 atom stereocenters. The fourth-order valence-electron chi connectivity index (χ4n) is 2.18. The smallest absolute Gasteiger partial charge is 0.343 e. The Morgan fingerprint density at radius 3 is 2.58 bits per heavy atom. The van der Waals surface area contributed by atoms with Gasteiger partial charge in [-0.2, -0.15) is 0 Å². The highest BCUT2D eigenvalue weighted by molar-refractivity contribution is 7.99. The summed E-state index contributed by atoms with van der Waals surface area (Å²) in [5, 5.41) is 15.4. The quantitative estimate of drug-likeness (QED) is 0.363. The Bertz CT molecular complexity index is 938. The first-order chi connectivity index (χ1) is 12.6. The first-order valence-corrected chi connectivity index (χ1v) is 8.61. The van der Waals surface area contributed by atoms with Gasteiger partial charge in [0.1, 0.15) is 12.1 Å². The zero-order valence-electron chi connectivity index (χ0n) is 13.5. The molecule has 0 spiro atoms. The van der Waals surface area contributed by atoms with E-state index in [1.165, 1.54) is 13.4 Å². The molecule has 26 heavy (non-hydrogen) atoms. The van der Waals surface area contributed by atoms with Crippen molar-refractivity contribution < 1.29 is 9.66 Å². The fraction of sp³-hybridized carbons (Fsp3) is 0.0588. The lowest BCUT2D eigenvalue weighted by atomic mass is 10.3. The summed E-state index contributed by atoms with van der Waals surface area (Å²) in [7, 11) is 1.52. The Morgan fingerprint density at radius 2 is 1.88 bits per heavy atom. The number of hydrogen-bond acceptors (Lipinski definition) is 7. The predicted molar refractivity (Wildman–Crippen MR) is 101 cm³/mol. The minimum absolute atomic E-state index is 0.0889. The van der Waals surface area contributed by atoms with Crippen LogP contribution in [0.2, 0.25) is 5.02 Å². The van der Waals surface area contributed by atoms with Gasteiger partial charge in [-0.25, -0.2) is 9.97 Å². The van der Waals surface area contributed by atoms with Crippen LogP contribution in [0.1, 0.15) is 0 Å². The summed E-state index contributed by atoms with van der Waals surface area (Å²) in [6, 6.07) is 14.1. The van der Waals surface area contributed by atoms with E-state index >= 15 is 0 Å². The van der Waals surface area contributed by atoms with E-state index in [0.717, 1.165) is 16.7 Å². The van der Waals surface area contributed by atoms with Crippen molar-refractivity contribution in [2.24, 2.45) is 0 Å². The summed E-state index contributed by atoms with van der Waals surface area (Å²) in [5.74, 6) is 0.637. The SMILES string of the molecule is COc1ccccc1Nc1ncnc(Sc2ccc(Cl)cc2)c1[N+](=O)[O-]. The molecule has 9 heteroatoms. The second-order valence-electron chi connectivity index (χ2n) is 5.01. The Kier molecular flexibility index (Phi) is 5.55. The average molecular weight is 389 g/mol. The van der Waals surface area contributed by atoms with Crippen molar-refractivity contribution in [2.75, 3.05) is 12.4 Å². The van der Waals surface area contributed by atoms with Crippen LogP contribution in [0.3, 0.4) is 0 Å². The minimum atomic E-state index is -0.504. The molecule has 3 aromatic rings. The zero-order chi connectivity index (χ0) is 18.5. The van der Waals surface area contributed by atoms with Gasteiger partial charge in [0, 0.05) is 9.92 Å². The van der Waals surface area contributed by atoms with Crippen LogP contribution in [0.4, 0.5) is 17.2 Å². The van der Waals surface area contributed by atoms with Gasteiger partial charge in [-0.15, -0.1) is 0 Å². The van der Waals surface area contributed by atoms with Crippen LogP contribution in [0.25, 0.3) is 0 Å². The van der Waals surface area contributed by atoms with Gasteiger partial charge in [-0.05, 0) is 36.4 Å². The van der Waals surface area contributed by atoms with Crippen LogP contribution in [0.5, 0.6) is 5.75 Å². The topological polar surface area (TPSA) is 90.2 Å². The molecule has 3 rings (SSSR count). The molecule has 0 amide bonds. The van der Waals surface area contributed by atoms with Crippen LogP contribution in [0.15, 0.2) is 64.8 Å². The van der Waals surface area contributed by atoms with Crippen LogP contribution in [0, 0.1) is 10.1 Å². The normalized spacial score (nSPS) is 10.4. The lowest BCUT2D eigenvalue weighted by Crippen LogP contribution is -2.03. The lowest BCUT2D eigenvalue weighted by molar-refractivity contribution is -0.387. The van der Waals surface area contributed by atoms with E-state index in [4.69, 9.17) is 16.3 Å². The lowest BCUT2D eigenvalue weighted by Gasteiger charge is -2.11. The maximum absolute atomic E-state index is 11.7. The average Bonchev–Trinajstić information content (AvgIpc) is 2.64. The second kappa shape index (κ2) is 8.03. The van der Waals surface area contributed by atoms with Gasteiger partial charge in [-0.3, -0.25) is 10.1 Å². The van der Waals surface area contributed by atoms with Crippen LogP contribution < -0.4 is 10.1 Å². The predicted octanol–water partition coefficient (Wildman–Crippen LogP) is 4.94. The molecule has 1 aromatic heterocycles. The van der Waals surface area contributed by atoms with Crippen LogP contribution in [-0.4, -0.2) is 22.0 Å². The number of benzene rings is 2. The monoisotopic (exact) mass is 388 g/mol. The summed E-state index contributed by atoms with van der Waals surface area (Å²) >= 11 is 7.04. The van der Waals surface area contributed by atoms with E-state index in [1.807, 2.05) is 0 Å². The van der Waals surface area contributed by atoms with E-state index in [2.05, 4.69) is 15.3 Å². The number of ether oxygens (including phenoxy) is 1. The molecular weight excluding hydrogens is 376 g/mol. The largest absolute Gasteiger partial charge is 0.495 e. The van der Waals surface area contributed by atoms with Crippen molar-refractivity contribution >= 4 is 40.6 Å². The molecule has 1 N–H and O–H groups in total. The Hall–Kier alpha value is -2.84. The van der Waals surface area contributed by atoms with E-state index < -0.39 is 4.92 Å². The van der Waals surface area contributed by atoms with Crippen molar-refractivity contribution in [1.29, 1.82) is 0 Å². The van der Waals surface area contributed by atoms with Gasteiger partial charge < -0.3 is 10.1 Å². The number of nitrogens with zero attached hydrogens (tertiary/aromatic N) is 3. The van der Waals surface area contributed by atoms with Gasteiger partial charge in [0.05, 0.1) is 17.7 Å². The molecule has 132 valence electrons. The van der Waals surface area contributed by atoms with Crippen molar-refractivity contribution in [1.82, 2.24) is 9.97 Å². The van der Waals surface area contributed by atoms with E-state index in [-0.39, 0.29) is 16.5 Å². The first-order valence-electron chi connectivity index (χ1n) is 7.41. The summed E-state index contributed by atoms with van der Waals surface area (Å²) in [6.07, 6.45) is 1.28. The molecule has 0 saturated heterocycles. The standard InChI is InChI=1S/C17H13ClN4O3S/c1-25-14-5-3-2-4-13(14)21-16-15(22(23)24)17(20-10-19-16)26-12-8-6-11(18)7-9-12/h2-10H,1H3,(H,19,20,21). The summed E-state index contributed by atoms with van der Waals surface area (Å²) in [6.45, 7) is 0. The summed E-state index contributed by atoms with van der Waals surface area (Å²) in [4.78, 5) is 20.0. The number of rotatable bonds is 6. The third kappa shape index (κ3) is 4.04. The Morgan fingerprint density at radius 1 is 1.15 bits per heavy atom. The third-order valence-corrected chi connectivity index (χ3v) is 4.61. The molecule has 0 aliphatic carbocycles. The minimum Gasteiger partial charge on any atom is -0.495 e. The number of para-hydroxylation sites is 2. The third-order valence-electron chi connectivity index (χ3n) is 3.36. The van der Waals surface area contributed by atoms with Gasteiger partial charge >= 0.3 is 5.69 Å². The molecule has 0 radical (unpaired) electrons. The Labute approximate surface area is 158 Å². The molecule has 7 nitrogen and oxygen atoms in total. The first kappa shape index (κ1) is 18.0. The van der Waals surface area contributed by atoms with Crippen molar-refractivity contribution in [3.8, 4) is 5.75 Å². The van der Waals surface area contributed by atoms with Crippen molar-refractivity contribution in [2.45, 2.75) is 9.92 Å². The summed E-state index contributed by atoms with van der Waals surface area (Å²) in [5.41, 5.74) is 0.359. The molecule has 0 unspecified atom stereocenters. The summed E-state index contributed by atoms with van der Waals surface area (Å²) < 4.78 is 5.26. The molecular formula is C17H13ClN4O3S. The molecule has 2 aromatic carbocycles. The zero-order valence-corrected chi connectivity index (χ0v) is 15.1. The van der Waals surface area contributed by atoms with E-state index in [9.17, 15) is 10.1 Å². The molecule has 0 aliphatic heterocycles. The number of aromatic nitrogens is 2. The van der Waals surface area contributed by atoms with Crippen LogP contribution in [-0.2, 0) is 0 Å². The highest BCUT2D eigenvalue weighted by Crippen LogP contribution is 2.38. The highest BCUT2D eigenvalue weighted by atomic mass is 35.5. The molecule has 0 saturated carbocycles. The number of anilines is 2. The molecule has 1 heterocycles. The number of nitro groups is 1. The number of nitrogens with one attached hydrogen (secondary N) is 1. The maximum Gasteiger partial charge on any atom is 0.343 e. The van der Waals surface area contributed by atoms with Crippen LogP contribution >= 0.6 is 23.4 Å². The van der Waals surface area contributed by atoms with Gasteiger partial charge in [0.15, 0.2) is 5.03 Å². The molecule has 0 aliphatic rings. The van der Waals surface area contributed by atoms with Gasteiger partial charge in [0.2, 0.25) is 5.82 Å². The van der Waals surface area contributed by atoms with Crippen molar-refractivity contribution in [3.05, 3.63) is 70.0 Å². The Balaban J connectivity index is 1.98. The maximum atomic E-state index is 11.7. The van der Waals surface area contributed by atoms with E-state index in [0.29, 0.717) is 16.5 Å². The second-order valence-corrected chi connectivity index (χ2v) is 6.51. The molecule has 0 fully saturated rings. The van der Waals surface area contributed by atoms with Crippen molar-refractivity contribution in [3.63, 3.8) is 0 Å². The fourth-order valence-corrected chi connectivity index (χ4v) is 3.17. The number of halogens is 1.